The fourth-order valence-corrected chi connectivity index (χ4v) is 3.62. The lowest BCUT2D eigenvalue weighted by atomic mass is 9.91. The van der Waals surface area contributed by atoms with Crippen molar-refractivity contribution in [2.24, 2.45) is 0 Å². The molecular weight excluding hydrogens is 375 g/mol. The summed E-state index contributed by atoms with van der Waals surface area (Å²) < 4.78 is 40.2. The molecule has 1 aliphatic rings. The summed E-state index contributed by atoms with van der Waals surface area (Å²) >= 11 is 0. The Morgan fingerprint density at radius 3 is 2.86 bits per heavy atom. The third kappa shape index (κ3) is 4.44. The largest absolute Gasteiger partial charge is 0.408 e. The van der Waals surface area contributed by atoms with Gasteiger partial charge in [-0.05, 0) is 25.3 Å². The summed E-state index contributed by atoms with van der Waals surface area (Å²) in [7, 11) is 0. The van der Waals surface area contributed by atoms with Crippen LogP contribution in [-0.4, -0.2) is 48.3 Å². The highest BCUT2D eigenvalue weighted by Gasteiger charge is 2.32. The highest BCUT2D eigenvalue weighted by molar-refractivity contribution is 5.87. The minimum Gasteiger partial charge on any atom is -0.394 e. The third-order valence-corrected chi connectivity index (χ3v) is 4.76. The van der Waals surface area contributed by atoms with Crippen molar-refractivity contribution in [1.29, 1.82) is 0 Å². The van der Waals surface area contributed by atoms with Crippen LogP contribution in [0.3, 0.4) is 0 Å². The zero-order valence-electron chi connectivity index (χ0n) is 15.3. The summed E-state index contributed by atoms with van der Waals surface area (Å²) in [5, 5.41) is 17.2. The van der Waals surface area contributed by atoms with Crippen LogP contribution in [0.5, 0.6) is 0 Å². The second-order valence-electron chi connectivity index (χ2n) is 6.73. The molecule has 1 N–H and O–H groups in total. The van der Waals surface area contributed by atoms with E-state index in [9.17, 15) is 23.1 Å². The van der Waals surface area contributed by atoms with Gasteiger partial charge in [-0.15, -0.1) is 0 Å². The maximum Gasteiger partial charge on any atom is 0.408 e. The summed E-state index contributed by atoms with van der Waals surface area (Å²) in [4.78, 5) is 14.1. The van der Waals surface area contributed by atoms with Crippen LogP contribution in [0.25, 0.3) is 0 Å². The Kier molecular flexibility index (Phi) is 5.87. The third-order valence-electron chi connectivity index (χ3n) is 4.76. The topological polar surface area (TPSA) is 76.2 Å². The molecule has 2 heterocycles. The molecule has 3 rings (SSSR count). The molecule has 0 spiro atoms. The first-order valence-electron chi connectivity index (χ1n) is 8.99. The van der Waals surface area contributed by atoms with Gasteiger partial charge in [-0.25, -0.2) is 0 Å². The standard InChI is InChI=1S/C18H22F3N5O2/c1-2-17(28)25(11-13-8-22-24(10-13)12-18(19,20)21)15-4-3-5-16-14(15)9-23-26(16)6-7-27/h2,8-10,15,27H,1,3-7,11-12H2. The Bertz CT molecular complexity index is 843. The lowest BCUT2D eigenvalue weighted by Gasteiger charge is -2.33. The Morgan fingerprint density at radius 2 is 2.18 bits per heavy atom. The molecule has 1 unspecified atom stereocenters. The predicted molar refractivity (Wildman–Crippen MR) is 94.0 cm³/mol. The van der Waals surface area contributed by atoms with Gasteiger partial charge in [-0.3, -0.25) is 14.2 Å². The minimum atomic E-state index is -4.36. The molecule has 0 radical (unpaired) electrons. The number of hydrogen-bond acceptors (Lipinski definition) is 4. The van der Waals surface area contributed by atoms with E-state index in [1.165, 1.54) is 18.5 Å². The van der Waals surface area contributed by atoms with Crippen LogP contribution in [0.15, 0.2) is 31.2 Å². The molecule has 7 nitrogen and oxygen atoms in total. The van der Waals surface area contributed by atoms with Gasteiger partial charge in [0.1, 0.15) is 6.54 Å². The van der Waals surface area contributed by atoms with Crippen LogP contribution >= 0.6 is 0 Å². The van der Waals surface area contributed by atoms with E-state index in [1.807, 2.05) is 0 Å². The van der Waals surface area contributed by atoms with Crippen LogP contribution in [0.4, 0.5) is 13.2 Å². The van der Waals surface area contributed by atoms with Crippen molar-refractivity contribution in [3.8, 4) is 0 Å². The second-order valence-corrected chi connectivity index (χ2v) is 6.73. The van der Waals surface area contributed by atoms with E-state index < -0.39 is 12.7 Å². The molecule has 1 atom stereocenters. The number of fused-ring (bicyclic) bond motifs is 1. The Morgan fingerprint density at radius 1 is 1.39 bits per heavy atom. The second kappa shape index (κ2) is 8.17. The monoisotopic (exact) mass is 397 g/mol. The highest BCUT2D eigenvalue weighted by Crippen LogP contribution is 2.35. The van der Waals surface area contributed by atoms with Gasteiger partial charge < -0.3 is 10.0 Å². The number of aliphatic hydroxyl groups excluding tert-OH is 1. The maximum atomic E-state index is 12.6. The number of rotatable bonds is 7. The molecule has 1 aliphatic carbocycles. The first kappa shape index (κ1) is 20.1. The number of hydrogen-bond donors (Lipinski definition) is 1. The van der Waals surface area contributed by atoms with Gasteiger partial charge in [0, 0.05) is 29.6 Å². The van der Waals surface area contributed by atoms with Crippen LogP contribution in [-0.2, 0) is 30.8 Å². The van der Waals surface area contributed by atoms with Crippen molar-refractivity contribution in [2.45, 2.75) is 51.1 Å². The molecule has 2 aromatic rings. The van der Waals surface area contributed by atoms with E-state index in [2.05, 4.69) is 16.8 Å². The van der Waals surface area contributed by atoms with E-state index >= 15 is 0 Å². The number of carbonyl (C=O) groups is 1. The first-order valence-corrected chi connectivity index (χ1v) is 8.99. The van der Waals surface area contributed by atoms with Gasteiger partial charge in [-0.1, -0.05) is 6.58 Å². The summed E-state index contributed by atoms with van der Waals surface area (Å²) in [6, 6.07) is -0.257. The van der Waals surface area contributed by atoms with Crippen molar-refractivity contribution in [2.75, 3.05) is 6.61 Å². The molecule has 28 heavy (non-hydrogen) atoms. The first-order chi connectivity index (χ1) is 13.3. The molecule has 0 aliphatic heterocycles. The van der Waals surface area contributed by atoms with Gasteiger partial charge in [0.25, 0.3) is 0 Å². The average Bonchev–Trinajstić information content (AvgIpc) is 3.25. The Hall–Kier alpha value is -2.62. The minimum absolute atomic E-state index is 0.0352. The number of aromatic nitrogens is 4. The van der Waals surface area contributed by atoms with Crippen LogP contribution < -0.4 is 0 Å². The number of alkyl halides is 3. The SMILES string of the molecule is C=CC(=O)N(Cc1cnn(CC(F)(F)F)c1)C1CCCc2c1cnn2CCO. The van der Waals surface area contributed by atoms with Crippen LogP contribution in [0.1, 0.15) is 35.7 Å². The van der Waals surface area contributed by atoms with E-state index in [0.717, 1.165) is 28.8 Å². The number of aliphatic hydroxyl groups is 1. The van der Waals surface area contributed by atoms with Crippen molar-refractivity contribution in [3.05, 3.63) is 48.1 Å². The van der Waals surface area contributed by atoms with Crippen LogP contribution in [0.2, 0.25) is 0 Å². The molecule has 0 saturated carbocycles. The van der Waals surface area contributed by atoms with E-state index in [1.54, 1.807) is 15.8 Å². The van der Waals surface area contributed by atoms with Gasteiger partial charge in [0.2, 0.25) is 5.91 Å². The van der Waals surface area contributed by atoms with Crippen molar-refractivity contribution in [1.82, 2.24) is 24.5 Å². The molecule has 0 bridgehead atoms. The average molecular weight is 397 g/mol. The smallest absolute Gasteiger partial charge is 0.394 e. The van der Waals surface area contributed by atoms with Gasteiger partial charge in [0.15, 0.2) is 0 Å². The number of carbonyl (C=O) groups excluding carboxylic acids is 1. The molecule has 0 saturated heterocycles. The highest BCUT2D eigenvalue weighted by atomic mass is 19.4. The molecule has 2 aromatic heterocycles. The summed E-state index contributed by atoms with van der Waals surface area (Å²) in [6.45, 7) is 2.84. The van der Waals surface area contributed by atoms with E-state index in [4.69, 9.17) is 0 Å². The van der Waals surface area contributed by atoms with Crippen molar-refractivity contribution < 1.29 is 23.1 Å². The van der Waals surface area contributed by atoms with Crippen LogP contribution in [0, 0.1) is 0 Å². The maximum absolute atomic E-state index is 12.6. The van der Waals surface area contributed by atoms with E-state index in [-0.39, 0.29) is 25.1 Å². The zero-order valence-corrected chi connectivity index (χ0v) is 15.3. The van der Waals surface area contributed by atoms with Gasteiger partial charge in [0.05, 0.1) is 31.6 Å². The molecule has 0 aromatic carbocycles. The molecule has 0 fully saturated rings. The number of nitrogens with zero attached hydrogens (tertiary/aromatic N) is 5. The fraction of sp³-hybridized carbons (Fsp3) is 0.500. The van der Waals surface area contributed by atoms with E-state index in [0.29, 0.717) is 18.5 Å². The molecule has 10 heteroatoms. The quantitative estimate of drug-likeness (QED) is 0.727. The Balaban J connectivity index is 1.84. The van der Waals surface area contributed by atoms with Gasteiger partial charge >= 0.3 is 6.18 Å². The van der Waals surface area contributed by atoms with Crippen molar-refractivity contribution >= 4 is 5.91 Å². The molecule has 152 valence electrons. The fourth-order valence-electron chi connectivity index (χ4n) is 3.62. The zero-order chi connectivity index (χ0) is 20.3. The van der Waals surface area contributed by atoms with Crippen molar-refractivity contribution in [3.63, 3.8) is 0 Å². The predicted octanol–water partition coefficient (Wildman–Crippen LogP) is 2.23. The number of halogens is 3. The lowest BCUT2D eigenvalue weighted by molar-refractivity contribution is -0.142. The summed E-state index contributed by atoms with van der Waals surface area (Å²) in [5.41, 5.74) is 2.38. The van der Waals surface area contributed by atoms with Gasteiger partial charge in [-0.2, -0.15) is 23.4 Å². The lowest BCUT2D eigenvalue weighted by Crippen LogP contribution is -2.35. The normalized spacial score (nSPS) is 16.6. The summed E-state index contributed by atoms with van der Waals surface area (Å²) in [5.74, 6) is -0.309. The summed E-state index contributed by atoms with van der Waals surface area (Å²) in [6.07, 6.45) is 3.53. The number of amides is 1. The Labute approximate surface area is 160 Å². The molecule has 1 amide bonds. The molecular formula is C18H22F3N5O2.